The molecule has 0 saturated carbocycles. The van der Waals surface area contributed by atoms with Crippen LogP contribution in [0.2, 0.25) is 0 Å². The van der Waals surface area contributed by atoms with Crippen LogP contribution in [0.3, 0.4) is 0 Å². The van der Waals surface area contributed by atoms with Gasteiger partial charge in [-0.3, -0.25) is 0 Å². The maximum absolute atomic E-state index is 3.42. The van der Waals surface area contributed by atoms with E-state index in [1.165, 1.54) is 16.6 Å². The number of rotatable bonds is 6. The molecule has 0 aliphatic carbocycles. The Morgan fingerprint density at radius 2 is 2.00 bits per heavy atom. The number of H-pyrrole nitrogens is 1. The van der Waals surface area contributed by atoms with Crippen molar-refractivity contribution in [2.75, 3.05) is 13.1 Å². The van der Waals surface area contributed by atoms with Crippen molar-refractivity contribution in [2.45, 2.75) is 26.4 Å². The van der Waals surface area contributed by atoms with Crippen molar-refractivity contribution in [3.63, 3.8) is 0 Å². The maximum Gasteiger partial charge on any atom is 0.0456 e. The molecule has 92 valence electrons. The zero-order valence-corrected chi connectivity index (χ0v) is 10.6. The van der Waals surface area contributed by atoms with Gasteiger partial charge < -0.3 is 15.6 Å². The number of hydrogen-bond acceptors (Lipinski definition) is 2. The van der Waals surface area contributed by atoms with Crippen LogP contribution in [0, 0.1) is 0 Å². The lowest BCUT2D eigenvalue weighted by atomic mass is 10.2. The van der Waals surface area contributed by atoms with Crippen molar-refractivity contribution in [1.82, 2.24) is 15.6 Å². The molecule has 0 atom stereocenters. The third-order valence-electron chi connectivity index (χ3n) is 2.76. The quantitative estimate of drug-likeness (QED) is 0.667. The van der Waals surface area contributed by atoms with Crippen LogP contribution in [0.4, 0.5) is 0 Å². The Morgan fingerprint density at radius 1 is 1.18 bits per heavy atom. The van der Waals surface area contributed by atoms with Gasteiger partial charge in [-0.2, -0.15) is 0 Å². The summed E-state index contributed by atoms with van der Waals surface area (Å²) in [6, 6.07) is 11.1. The molecule has 0 unspecified atom stereocenters. The molecule has 0 amide bonds. The van der Waals surface area contributed by atoms with Gasteiger partial charge in [0.1, 0.15) is 0 Å². The van der Waals surface area contributed by atoms with Crippen LogP contribution in [0.5, 0.6) is 0 Å². The number of hydrogen-bond donors (Lipinski definition) is 3. The number of aromatic nitrogens is 1. The minimum atomic E-state index is 0.560. The predicted octanol–water partition coefficient (Wildman–Crippen LogP) is 2.26. The Balaban J connectivity index is 1.79. The standard InChI is InChI=1S/C14H21N3/c1-11(2)16-8-7-15-10-13-9-12-5-3-4-6-14(12)17-13/h3-6,9,11,15-17H,7-8,10H2,1-2H3. The van der Waals surface area contributed by atoms with Crippen LogP contribution in [0.25, 0.3) is 10.9 Å². The zero-order valence-electron chi connectivity index (χ0n) is 10.6. The molecule has 1 aromatic carbocycles. The van der Waals surface area contributed by atoms with Gasteiger partial charge in [0, 0.05) is 36.9 Å². The van der Waals surface area contributed by atoms with E-state index in [1.54, 1.807) is 0 Å². The lowest BCUT2D eigenvalue weighted by Crippen LogP contribution is -2.31. The van der Waals surface area contributed by atoms with E-state index >= 15 is 0 Å². The van der Waals surface area contributed by atoms with Crippen molar-refractivity contribution >= 4 is 10.9 Å². The van der Waals surface area contributed by atoms with Crippen LogP contribution in [-0.2, 0) is 6.54 Å². The molecule has 17 heavy (non-hydrogen) atoms. The fourth-order valence-corrected chi connectivity index (χ4v) is 1.90. The molecule has 0 bridgehead atoms. The van der Waals surface area contributed by atoms with Crippen molar-refractivity contribution < 1.29 is 0 Å². The summed E-state index contributed by atoms with van der Waals surface area (Å²) in [6.45, 7) is 7.23. The largest absolute Gasteiger partial charge is 0.357 e. The minimum absolute atomic E-state index is 0.560. The van der Waals surface area contributed by atoms with Crippen LogP contribution >= 0.6 is 0 Å². The SMILES string of the molecule is CC(C)NCCNCc1cc2ccccc2[nH]1. The molecule has 0 fully saturated rings. The first-order valence-corrected chi connectivity index (χ1v) is 6.26. The Labute approximate surface area is 103 Å². The first kappa shape index (κ1) is 12.1. The zero-order chi connectivity index (χ0) is 12.1. The van der Waals surface area contributed by atoms with Gasteiger partial charge in [-0.1, -0.05) is 32.0 Å². The van der Waals surface area contributed by atoms with Gasteiger partial charge in [-0.05, 0) is 17.5 Å². The third kappa shape index (κ3) is 3.58. The number of nitrogens with one attached hydrogen (secondary N) is 3. The molecule has 2 aromatic rings. The van der Waals surface area contributed by atoms with E-state index in [1.807, 2.05) is 0 Å². The highest BCUT2D eigenvalue weighted by Gasteiger charge is 1.99. The number of aromatic amines is 1. The Bertz CT molecular complexity index is 426. The van der Waals surface area contributed by atoms with Crippen LogP contribution in [0.15, 0.2) is 30.3 Å². The van der Waals surface area contributed by atoms with E-state index in [0.29, 0.717) is 6.04 Å². The first-order chi connectivity index (χ1) is 8.25. The highest BCUT2D eigenvalue weighted by Crippen LogP contribution is 2.14. The van der Waals surface area contributed by atoms with Gasteiger partial charge in [0.25, 0.3) is 0 Å². The van der Waals surface area contributed by atoms with Gasteiger partial charge in [-0.15, -0.1) is 0 Å². The van der Waals surface area contributed by atoms with Crippen molar-refractivity contribution in [2.24, 2.45) is 0 Å². The van der Waals surface area contributed by atoms with E-state index in [4.69, 9.17) is 0 Å². The molecule has 3 N–H and O–H groups in total. The Hall–Kier alpha value is -1.32. The molecular formula is C14H21N3. The smallest absolute Gasteiger partial charge is 0.0456 e. The third-order valence-corrected chi connectivity index (χ3v) is 2.76. The van der Waals surface area contributed by atoms with Gasteiger partial charge in [-0.25, -0.2) is 0 Å². The second kappa shape index (κ2) is 5.84. The van der Waals surface area contributed by atoms with E-state index < -0.39 is 0 Å². The lowest BCUT2D eigenvalue weighted by molar-refractivity contribution is 0.554. The monoisotopic (exact) mass is 231 g/mol. The molecule has 0 spiro atoms. The summed E-state index contributed by atoms with van der Waals surface area (Å²) in [7, 11) is 0. The normalized spacial score (nSPS) is 11.5. The molecule has 2 rings (SSSR count). The fraction of sp³-hybridized carbons (Fsp3) is 0.429. The summed E-state index contributed by atoms with van der Waals surface area (Å²) in [5, 5.41) is 8.09. The van der Waals surface area contributed by atoms with E-state index in [2.05, 4.69) is 59.8 Å². The fourth-order valence-electron chi connectivity index (χ4n) is 1.90. The summed E-state index contributed by atoms with van der Waals surface area (Å²) < 4.78 is 0. The molecule has 0 aliphatic heterocycles. The van der Waals surface area contributed by atoms with Crippen LogP contribution in [0.1, 0.15) is 19.5 Å². The number of fused-ring (bicyclic) bond motifs is 1. The second-order valence-corrected chi connectivity index (χ2v) is 4.67. The van der Waals surface area contributed by atoms with Crippen molar-refractivity contribution in [1.29, 1.82) is 0 Å². The summed E-state index contributed by atoms with van der Waals surface area (Å²) in [6.07, 6.45) is 0. The Morgan fingerprint density at radius 3 is 2.76 bits per heavy atom. The van der Waals surface area contributed by atoms with Crippen molar-refractivity contribution in [3.05, 3.63) is 36.0 Å². The first-order valence-electron chi connectivity index (χ1n) is 6.26. The average molecular weight is 231 g/mol. The summed E-state index contributed by atoms with van der Waals surface area (Å²) in [5.41, 5.74) is 2.46. The molecule has 0 aliphatic rings. The molecule has 0 saturated heterocycles. The number of para-hydroxylation sites is 1. The van der Waals surface area contributed by atoms with E-state index in [9.17, 15) is 0 Å². The second-order valence-electron chi connectivity index (χ2n) is 4.67. The highest BCUT2D eigenvalue weighted by molar-refractivity contribution is 5.80. The van der Waals surface area contributed by atoms with E-state index in [-0.39, 0.29) is 0 Å². The topological polar surface area (TPSA) is 39.8 Å². The maximum atomic E-state index is 3.42. The van der Waals surface area contributed by atoms with Crippen LogP contribution in [-0.4, -0.2) is 24.1 Å². The van der Waals surface area contributed by atoms with Gasteiger partial charge >= 0.3 is 0 Å². The van der Waals surface area contributed by atoms with Crippen molar-refractivity contribution in [3.8, 4) is 0 Å². The molecule has 3 heteroatoms. The molecule has 0 radical (unpaired) electrons. The van der Waals surface area contributed by atoms with Gasteiger partial charge in [0.2, 0.25) is 0 Å². The average Bonchev–Trinajstić information content (AvgIpc) is 2.70. The lowest BCUT2D eigenvalue weighted by Gasteiger charge is -2.08. The summed E-state index contributed by atoms with van der Waals surface area (Å²) >= 11 is 0. The summed E-state index contributed by atoms with van der Waals surface area (Å²) in [5.74, 6) is 0. The molecule has 1 aromatic heterocycles. The molecular weight excluding hydrogens is 210 g/mol. The molecule has 1 heterocycles. The number of benzene rings is 1. The van der Waals surface area contributed by atoms with E-state index in [0.717, 1.165) is 19.6 Å². The minimum Gasteiger partial charge on any atom is -0.357 e. The summed E-state index contributed by atoms with van der Waals surface area (Å²) in [4.78, 5) is 3.41. The Kier molecular flexibility index (Phi) is 4.18. The van der Waals surface area contributed by atoms with Gasteiger partial charge in [0.05, 0.1) is 0 Å². The molecule has 3 nitrogen and oxygen atoms in total. The highest BCUT2D eigenvalue weighted by atomic mass is 15.0. The van der Waals surface area contributed by atoms with Crippen LogP contribution < -0.4 is 10.6 Å². The predicted molar refractivity (Wildman–Crippen MR) is 73.1 cm³/mol. The van der Waals surface area contributed by atoms with Gasteiger partial charge in [0.15, 0.2) is 0 Å².